The highest BCUT2D eigenvalue weighted by molar-refractivity contribution is 5.75. The van der Waals surface area contributed by atoms with Gasteiger partial charge in [0.05, 0.1) is 13.2 Å². The molecule has 1 atom stereocenters. The topological polar surface area (TPSA) is 61.5 Å². The lowest BCUT2D eigenvalue weighted by Crippen LogP contribution is -2.34. The van der Waals surface area contributed by atoms with Crippen LogP contribution in [0.4, 0.5) is 0 Å². The van der Waals surface area contributed by atoms with Crippen LogP contribution in [0.2, 0.25) is 0 Å². The molecule has 1 aromatic rings. The van der Waals surface area contributed by atoms with Gasteiger partial charge in [0.2, 0.25) is 0 Å². The first-order valence-electron chi connectivity index (χ1n) is 6.83. The molecule has 1 aromatic carbocycles. The summed E-state index contributed by atoms with van der Waals surface area (Å²) in [5, 5.41) is 0. The minimum absolute atomic E-state index is 0.355. The van der Waals surface area contributed by atoms with Gasteiger partial charge in [0.15, 0.2) is 0 Å². The number of nitrogens with two attached hydrogens (primary N) is 1. The van der Waals surface area contributed by atoms with Crippen molar-refractivity contribution in [1.82, 2.24) is 0 Å². The third kappa shape index (κ3) is 4.56. The van der Waals surface area contributed by atoms with Crippen LogP contribution >= 0.6 is 0 Å². The fourth-order valence-corrected chi connectivity index (χ4v) is 1.85. The first-order chi connectivity index (χ1) is 9.19. The Kier molecular flexibility index (Phi) is 4.80. The van der Waals surface area contributed by atoms with E-state index in [1.54, 1.807) is 6.92 Å². The van der Waals surface area contributed by atoms with Crippen LogP contribution in [0.1, 0.15) is 25.3 Å². The third-order valence-corrected chi connectivity index (χ3v) is 3.13. The molecule has 2 N–H and O–H groups in total. The summed E-state index contributed by atoms with van der Waals surface area (Å²) in [6, 6.07) is 7.14. The minimum atomic E-state index is -0.612. The van der Waals surface area contributed by atoms with Crippen molar-refractivity contribution < 1.29 is 14.3 Å². The highest BCUT2D eigenvalue weighted by Crippen LogP contribution is 2.29. The molecule has 0 aliphatic heterocycles. The molecule has 1 aliphatic carbocycles. The van der Waals surface area contributed by atoms with Gasteiger partial charge < -0.3 is 15.2 Å². The molecule has 1 aliphatic rings. The number of hydrogen-bond acceptors (Lipinski definition) is 4. The molecule has 104 valence electrons. The number of esters is 1. The Morgan fingerprint density at radius 2 is 2.26 bits per heavy atom. The number of hydrogen-bond donors (Lipinski definition) is 1. The van der Waals surface area contributed by atoms with Crippen molar-refractivity contribution in [2.45, 2.75) is 32.2 Å². The summed E-state index contributed by atoms with van der Waals surface area (Å²) in [6.07, 6.45) is 3.01. The molecule has 19 heavy (non-hydrogen) atoms. The number of ether oxygens (including phenoxy) is 2. The second-order valence-corrected chi connectivity index (χ2v) is 4.96. The number of carbonyl (C=O) groups is 1. The first kappa shape index (κ1) is 13.9. The molecule has 4 heteroatoms. The van der Waals surface area contributed by atoms with Crippen molar-refractivity contribution in [2.24, 2.45) is 11.7 Å². The average molecular weight is 263 g/mol. The van der Waals surface area contributed by atoms with Gasteiger partial charge in [0.25, 0.3) is 0 Å². The summed E-state index contributed by atoms with van der Waals surface area (Å²) >= 11 is 0. The molecule has 1 saturated carbocycles. The van der Waals surface area contributed by atoms with Crippen molar-refractivity contribution in [3.63, 3.8) is 0 Å². The molecule has 4 nitrogen and oxygen atoms in total. The predicted octanol–water partition coefficient (Wildman–Crippen LogP) is 1.91. The van der Waals surface area contributed by atoms with E-state index in [9.17, 15) is 4.79 Å². The summed E-state index contributed by atoms with van der Waals surface area (Å²) in [5.74, 6) is 1.22. The average Bonchev–Trinajstić information content (AvgIpc) is 3.21. The van der Waals surface area contributed by atoms with Crippen LogP contribution < -0.4 is 10.5 Å². The van der Waals surface area contributed by atoms with Gasteiger partial charge in [-0.05, 0) is 49.8 Å². The summed E-state index contributed by atoms with van der Waals surface area (Å²) in [5.41, 5.74) is 6.80. The van der Waals surface area contributed by atoms with E-state index in [0.717, 1.165) is 23.8 Å². The molecule has 1 fully saturated rings. The molecule has 0 spiro atoms. The van der Waals surface area contributed by atoms with Crippen LogP contribution in [0.3, 0.4) is 0 Å². The normalized spacial score (nSPS) is 15.9. The molecule has 0 radical (unpaired) electrons. The van der Waals surface area contributed by atoms with Crippen LogP contribution in [0.25, 0.3) is 0 Å². The van der Waals surface area contributed by atoms with Crippen LogP contribution in [-0.2, 0) is 16.0 Å². The third-order valence-electron chi connectivity index (χ3n) is 3.13. The molecule has 1 unspecified atom stereocenters. The van der Waals surface area contributed by atoms with Crippen molar-refractivity contribution >= 4 is 5.97 Å². The number of rotatable bonds is 7. The van der Waals surface area contributed by atoms with Gasteiger partial charge in [-0.1, -0.05) is 12.1 Å². The Morgan fingerprint density at radius 3 is 2.95 bits per heavy atom. The van der Waals surface area contributed by atoms with Gasteiger partial charge in [-0.3, -0.25) is 4.79 Å². The van der Waals surface area contributed by atoms with Crippen LogP contribution in [0, 0.1) is 5.92 Å². The maximum atomic E-state index is 11.5. The Hall–Kier alpha value is -1.55. The quantitative estimate of drug-likeness (QED) is 0.763. The standard InChI is InChI=1S/C15H21NO3/c1-2-18-15(17)14(16)9-12-4-3-5-13(8-12)19-10-11-6-7-11/h3-5,8,11,14H,2,6-7,9-10,16H2,1H3. The van der Waals surface area contributed by atoms with Gasteiger partial charge in [-0.15, -0.1) is 0 Å². The van der Waals surface area contributed by atoms with E-state index in [4.69, 9.17) is 15.2 Å². The van der Waals surface area contributed by atoms with Gasteiger partial charge in [0.1, 0.15) is 11.8 Å². The summed E-state index contributed by atoms with van der Waals surface area (Å²) in [4.78, 5) is 11.5. The summed E-state index contributed by atoms with van der Waals surface area (Å²) in [7, 11) is 0. The van der Waals surface area contributed by atoms with Gasteiger partial charge >= 0.3 is 5.97 Å². The Balaban J connectivity index is 1.88. The highest BCUT2D eigenvalue weighted by Gasteiger charge is 2.22. The van der Waals surface area contributed by atoms with Crippen molar-refractivity contribution in [1.29, 1.82) is 0 Å². The monoisotopic (exact) mass is 263 g/mol. The zero-order chi connectivity index (χ0) is 13.7. The maximum Gasteiger partial charge on any atom is 0.323 e. The Morgan fingerprint density at radius 1 is 1.47 bits per heavy atom. The van der Waals surface area contributed by atoms with E-state index >= 15 is 0 Å². The van der Waals surface area contributed by atoms with E-state index in [1.165, 1.54) is 12.8 Å². The fourth-order valence-electron chi connectivity index (χ4n) is 1.85. The molecule has 0 saturated heterocycles. The first-order valence-corrected chi connectivity index (χ1v) is 6.83. The van der Waals surface area contributed by atoms with Crippen molar-refractivity contribution in [3.8, 4) is 5.75 Å². The van der Waals surface area contributed by atoms with Gasteiger partial charge in [-0.2, -0.15) is 0 Å². The number of benzene rings is 1. The molecule has 2 rings (SSSR count). The predicted molar refractivity (Wildman–Crippen MR) is 73.0 cm³/mol. The Bertz CT molecular complexity index is 429. The van der Waals surface area contributed by atoms with Crippen LogP contribution in [-0.4, -0.2) is 25.2 Å². The van der Waals surface area contributed by atoms with Gasteiger partial charge in [-0.25, -0.2) is 0 Å². The lowest BCUT2D eigenvalue weighted by atomic mass is 10.1. The lowest BCUT2D eigenvalue weighted by molar-refractivity contribution is -0.144. The highest BCUT2D eigenvalue weighted by atomic mass is 16.5. The summed E-state index contributed by atoms with van der Waals surface area (Å²) < 4.78 is 10.6. The van der Waals surface area contributed by atoms with Crippen LogP contribution in [0.5, 0.6) is 5.75 Å². The zero-order valence-corrected chi connectivity index (χ0v) is 11.3. The Labute approximate surface area is 113 Å². The molecular weight excluding hydrogens is 242 g/mol. The second-order valence-electron chi connectivity index (χ2n) is 4.96. The largest absolute Gasteiger partial charge is 0.493 e. The molecule has 0 heterocycles. The molecule has 0 aromatic heterocycles. The van der Waals surface area contributed by atoms with E-state index in [0.29, 0.717) is 13.0 Å². The van der Waals surface area contributed by atoms with E-state index in [1.807, 2.05) is 24.3 Å². The van der Waals surface area contributed by atoms with Crippen molar-refractivity contribution in [2.75, 3.05) is 13.2 Å². The van der Waals surface area contributed by atoms with E-state index in [-0.39, 0.29) is 5.97 Å². The number of carbonyl (C=O) groups excluding carboxylic acids is 1. The van der Waals surface area contributed by atoms with Gasteiger partial charge in [0, 0.05) is 0 Å². The van der Waals surface area contributed by atoms with E-state index in [2.05, 4.69) is 0 Å². The SMILES string of the molecule is CCOC(=O)C(N)Cc1cccc(OCC2CC2)c1. The van der Waals surface area contributed by atoms with Crippen LogP contribution in [0.15, 0.2) is 24.3 Å². The molecule has 0 amide bonds. The smallest absolute Gasteiger partial charge is 0.323 e. The zero-order valence-electron chi connectivity index (χ0n) is 11.3. The second kappa shape index (κ2) is 6.57. The molecular formula is C15H21NO3. The minimum Gasteiger partial charge on any atom is -0.493 e. The lowest BCUT2D eigenvalue weighted by Gasteiger charge is -2.12. The summed E-state index contributed by atoms with van der Waals surface area (Å²) in [6.45, 7) is 2.92. The fraction of sp³-hybridized carbons (Fsp3) is 0.533. The molecule has 0 bridgehead atoms. The maximum absolute atomic E-state index is 11.5. The van der Waals surface area contributed by atoms with E-state index < -0.39 is 6.04 Å². The van der Waals surface area contributed by atoms with Crippen molar-refractivity contribution in [3.05, 3.63) is 29.8 Å².